The molecule has 1 aliphatic heterocycles. The van der Waals surface area contributed by atoms with Gasteiger partial charge in [0.05, 0.1) is 11.6 Å². The summed E-state index contributed by atoms with van der Waals surface area (Å²) in [5.41, 5.74) is 0.851. The highest BCUT2D eigenvalue weighted by molar-refractivity contribution is 9.10. The van der Waals surface area contributed by atoms with Crippen molar-refractivity contribution < 1.29 is 9.59 Å². The molecule has 0 aromatic heterocycles. The number of halogens is 1. The molecule has 1 heterocycles. The van der Waals surface area contributed by atoms with E-state index >= 15 is 0 Å². The van der Waals surface area contributed by atoms with Gasteiger partial charge >= 0.3 is 0 Å². The van der Waals surface area contributed by atoms with Crippen molar-refractivity contribution in [3.63, 3.8) is 0 Å². The topological polar surface area (TPSA) is 49.4 Å². The van der Waals surface area contributed by atoms with Crippen LogP contribution in [0.4, 0.5) is 5.69 Å². The van der Waals surface area contributed by atoms with Crippen molar-refractivity contribution in [2.75, 3.05) is 11.4 Å². The fraction of sp³-hybridized carbons (Fsp3) is 0.600. The summed E-state index contributed by atoms with van der Waals surface area (Å²) in [6, 6.07) is 7.90. The van der Waals surface area contributed by atoms with Crippen molar-refractivity contribution in [2.24, 2.45) is 23.7 Å². The number of para-hydroxylation sites is 1. The van der Waals surface area contributed by atoms with Gasteiger partial charge in [0, 0.05) is 23.5 Å². The summed E-state index contributed by atoms with van der Waals surface area (Å²) in [7, 11) is 0. The van der Waals surface area contributed by atoms with E-state index in [-0.39, 0.29) is 23.8 Å². The molecule has 2 amide bonds. The zero-order chi connectivity index (χ0) is 17.6. The molecule has 5 heteroatoms. The number of amides is 2. The Morgan fingerprint density at radius 2 is 2.08 bits per heavy atom. The average molecular weight is 405 g/mol. The number of anilines is 1. The van der Waals surface area contributed by atoms with Gasteiger partial charge < -0.3 is 10.2 Å². The summed E-state index contributed by atoms with van der Waals surface area (Å²) in [5.74, 6) is 2.12. The molecule has 134 valence electrons. The van der Waals surface area contributed by atoms with Crippen LogP contribution >= 0.6 is 15.9 Å². The number of benzene rings is 1. The number of carbonyl (C=O) groups excluding carboxylic acids is 2. The Morgan fingerprint density at radius 1 is 1.28 bits per heavy atom. The van der Waals surface area contributed by atoms with Gasteiger partial charge in [0.1, 0.15) is 0 Å². The van der Waals surface area contributed by atoms with Gasteiger partial charge in [-0.15, -0.1) is 0 Å². The molecule has 2 bridgehead atoms. The number of hydrogen-bond acceptors (Lipinski definition) is 2. The number of fused-ring (bicyclic) bond motifs is 2. The zero-order valence-corrected chi connectivity index (χ0v) is 16.2. The highest BCUT2D eigenvalue weighted by atomic mass is 79.9. The number of nitrogens with one attached hydrogen (secondary N) is 1. The predicted molar refractivity (Wildman–Crippen MR) is 101 cm³/mol. The molecule has 2 aliphatic carbocycles. The molecule has 1 saturated heterocycles. The molecule has 2 saturated carbocycles. The van der Waals surface area contributed by atoms with Crippen molar-refractivity contribution in [1.82, 2.24) is 5.32 Å². The van der Waals surface area contributed by atoms with Gasteiger partial charge in [-0.2, -0.15) is 0 Å². The van der Waals surface area contributed by atoms with Gasteiger partial charge in [-0.3, -0.25) is 9.59 Å². The van der Waals surface area contributed by atoms with Crippen LogP contribution in [0.15, 0.2) is 28.7 Å². The lowest BCUT2D eigenvalue weighted by atomic mass is 9.84. The third-order valence-electron chi connectivity index (χ3n) is 6.44. The highest BCUT2D eigenvalue weighted by Gasteiger charge is 2.43. The van der Waals surface area contributed by atoms with Crippen LogP contribution in [-0.2, 0) is 9.59 Å². The molecule has 5 atom stereocenters. The Labute approximate surface area is 157 Å². The lowest BCUT2D eigenvalue weighted by molar-refractivity contribution is -0.127. The van der Waals surface area contributed by atoms with E-state index in [0.717, 1.165) is 22.0 Å². The number of carbonyl (C=O) groups is 2. The van der Waals surface area contributed by atoms with E-state index in [1.54, 1.807) is 4.90 Å². The Morgan fingerprint density at radius 3 is 2.76 bits per heavy atom. The van der Waals surface area contributed by atoms with Gasteiger partial charge in [0.15, 0.2) is 0 Å². The van der Waals surface area contributed by atoms with Crippen LogP contribution in [0.3, 0.4) is 0 Å². The molecule has 4 rings (SSSR count). The summed E-state index contributed by atoms with van der Waals surface area (Å²) in [6.45, 7) is 2.61. The maximum atomic E-state index is 12.7. The average Bonchev–Trinajstić information content (AvgIpc) is 3.30. The van der Waals surface area contributed by atoms with Crippen LogP contribution in [0.25, 0.3) is 0 Å². The van der Waals surface area contributed by atoms with Crippen molar-refractivity contribution in [1.29, 1.82) is 0 Å². The maximum Gasteiger partial charge on any atom is 0.227 e. The summed E-state index contributed by atoms with van der Waals surface area (Å²) in [6.07, 6.45) is 5.62. The second kappa shape index (κ2) is 6.75. The molecule has 3 fully saturated rings. The standard InChI is InChI=1S/C20H25BrN2O2/c1-12(16-9-13-6-7-14(16)8-13)22-20(25)15-10-19(24)23(11-15)18-5-3-2-4-17(18)21/h2-5,12-16H,6-11H2,1H3,(H,22,25). The van der Waals surface area contributed by atoms with E-state index < -0.39 is 0 Å². The van der Waals surface area contributed by atoms with Crippen LogP contribution in [-0.4, -0.2) is 24.4 Å². The van der Waals surface area contributed by atoms with E-state index in [2.05, 4.69) is 28.2 Å². The minimum Gasteiger partial charge on any atom is -0.353 e. The summed E-state index contributed by atoms with van der Waals surface area (Å²) < 4.78 is 0.889. The smallest absolute Gasteiger partial charge is 0.227 e. The second-order valence-corrected chi connectivity index (χ2v) is 8.85. The molecule has 1 aromatic rings. The Kier molecular flexibility index (Phi) is 4.61. The van der Waals surface area contributed by atoms with Crippen LogP contribution in [0.1, 0.15) is 39.0 Å². The van der Waals surface area contributed by atoms with Gasteiger partial charge in [-0.05, 0) is 72.0 Å². The van der Waals surface area contributed by atoms with Crippen molar-refractivity contribution >= 4 is 33.4 Å². The predicted octanol–water partition coefficient (Wildman–Crippen LogP) is 3.74. The van der Waals surface area contributed by atoms with E-state index in [1.807, 2.05) is 24.3 Å². The normalized spacial score (nSPS) is 32.2. The van der Waals surface area contributed by atoms with Gasteiger partial charge in [-0.1, -0.05) is 18.6 Å². The Bertz CT molecular complexity index is 692. The first-order valence-corrected chi connectivity index (χ1v) is 10.2. The second-order valence-electron chi connectivity index (χ2n) is 7.99. The minimum absolute atomic E-state index is 0.0274. The molecule has 4 nitrogen and oxygen atoms in total. The quantitative estimate of drug-likeness (QED) is 0.830. The van der Waals surface area contributed by atoms with Gasteiger partial charge in [-0.25, -0.2) is 0 Å². The third-order valence-corrected chi connectivity index (χ3v) is 7.11. The SMILES string of the molecule is CC(NC(=O)C1CC(=O)N(c2ccccc2Br)C1)C1CC2CCC1C2. The fourth-order valence-electron chi connectivity index (χ4n) is 5.14. The monoisotopic (exact) mass is 404 g/mol. The van der Waals surface area contributed by atoms with Crippen LogP contribution in [0.2, 0.25) is 0 Å². The lowest BCUT2D eigenvalue weighted by Gasteiger charge is -2.29. The van der Waals surface area contributed by atoms with Crippen molar-refractivity contribution in [3.8, 4) is 0 Å². The lowest BCUT2D eigenvalue weighted by Crippen LogP contribution is -2.43. The third kappa shape index (κ3) is 3.23. The molecular weight excluding hydrogens is 380 g/mol. The van der Waals surface area contributed by atoms with E-state index in [4.69, 9.17) is 0 Å². The number of rotatable bonds is 4. The van der Waals surface area contributed by atoms with Crippen LogP contribution in [0.5, 0.6) is 0 Å². The minimum atomic E-state index is -0.249. The van der Waals surface area contributed by atoms with Crippen molar-refractivity contribution in [2.45, 2.75) is 45.1 Å². The Hall–Kier alpha value is -1.36. The fourth-order valence-corrected chi connectivity index (χ4v) is 5.64. The summed E-state index contributed by atoms with van der Waals surface area (Å²) in [5, 5.41) is 3.23. The Balaban J connectivity index is 1.38. The zero-order valence-electron chi connectivity index (χ0n) is 14.6. The number of hydrogen-bond donors (Lipinski definition) is 1. The molecule has 1 aromatic carbocycles. The molecule has 1 N–H and O–H groups in total. The first kappa shape index (κ1) is 17.1. The first-order chi connectivity index (χ1) is 12.0. The molecule has 3 aliphatic rings. The van der Waals surface area contributed by atoms with Crippen molar-refractivity contribution in [3.05, 3.63) is 28.7 Å². The van der Waals surface area contributed by atoms with Gasteiger partial charge in [0.25, 0.3) is 0 Å². The maximum absolute atomic E-state index is 12.7. The summed E-state index contributed by atoms with van der Waals surface area (Å²) >= 11 is 3.50. The summed E-state index contributed by atoms with van der Waals surface area (Å²) in [4.78, 5) is 26.9. The molecule has 0 radical (unpaired) electrons. The molecule has 5 unspecified atom stereocenters. The highest BCUT2D eigenvalue weighted by Crippen LogP contribution is 2.49. The molecule has 0 spiro atoms. The van der Waals surface area contributed by atoms with E-state index in [9.17, 15) is 9.59 Å². The van der Waals surface area contributed by atoms with Crippen LogP contribution in [0, 0.1) is 23.7 Å². The van der Waals surface area contributed by atoms with Crippen LogP contribution < -0.4 is 10.2 Å². The molecular formula is C20H25BrN2O2. The largest absolute Gasteiger partial charge is 0.353 e. The first-order valence-electron chi connectivity index (χ1n) is 9.38. The van der Waals surface area contributed by atoms with E-state index in [1.165, 1.54) is 25.7 Å². The molecule has 25 heavy (non-hydrogen) atoms. The van der Waals surface area contributed by atoms with Gasteiger partial charge in [0.2, 0.25) is 11.8 Å². The number of nitrogens with zero attached hydrogens (tertiary/aromatic N) is 1. The van der Waals surface area contributed by atoms with E-state index in [0.29, 0.717) is 18.9 Å².